The Labute approximate surface area is 108 Å². The van der Waals surface area contributed by atoms with Gasteiger partial charge in [-0.15, -0.1) is 0 Å². The number of aromatic nitrogens is 3. The molecule has 0 fully saturated rings. The van der Waals surface area contributed by atoms with Crippen molar-refractivity contribution in [2.75, 3.05) is 0 Å². The molecule has 0 aliphatic carbocycles. The van der Waals surface area contributed by atoms with E-state index in [-0.39, 0.29) is 5.69 Å². The minimum Gasteiger partial charge on any atom is -0.476 e. The zero-order chi connectivity index (χ0) is 13.6. The van der Waals surface area contributed by atoms with Gasteiger partial charge in [0.25, 0.3) is 0 Å². The van der Waals surface area contributed by atoms with Crippen molar-refractivity contribution in [1.29, 1.82) is 0 Å². The number of hydrogen-bond donors (Lipinski definition) is 1. The van der Waals surface area contributed by atoms with Crippen LogP contribution in [0.1, 0.15) is 16.4 Å². The van der Waals surface area contributed by atoms with Gasteiger partial charge in [0.15, 0.2) is 17.2 Å². The van der Waals surface area contributed by atoms with Crippen molar-refractivity contribution in [2.24, 2.45) is 7.05 Å². The van der Waals surface area contributed by atoms with Gasteiger partial charge in [-0.2, -0.15) is 5.10 Å². The third-order valence-corrected chi connectivity index (χ3v) is 2.90. The number of hydrogen-bond acceptors (Lipinski definition) is 4. The van der Waals surface area contributed by atoms with Gasteiger partial charge in [0, 0.05) is 19.5 Å². The summed E-state index contributed by atoms with van der Waals surface area (Å²) in [5, 5.41) is 12.9. The number of carboxylic acid groups (broad SMARTS) is 1. The van der Waals surface area contributed by atoms with E-state index in [1.165, 1.54) is 10.7 Å². The lowest BCUT2D eigenvalue weighted by Gasteiger charge is -2.01. The van der Waals surface area contributed by atoms with Gasteiger partial charge in [0.05, 0.1) is 5.69 Å². The van der Waals surface area contributed by atoms with Gasteiger partial charge in [-0.25, -0.2) is 9.78 Å². The molecule has 3 rings (SSSR count). The van der Waals surface area contributed by atoms with Gasteiger partial charge in [0.1, 0.15) is 5.52 Å². The number of rotatable bonds is 2. The Morgan fingerprint density at radius 3 is 2.89 bits per heavy atom. The van der Waals surface area contributed by atoms with Crippen LogP contribution in [0.15, 0.2) is 28.7 Å². The molecule has 0 aliphatic heterocycles. The predicted octanol–water partition coefficient (Wildman–Crippen LogP) is 2.23. The van der Waals surface area contributed by atoms with Crippen molar-refractivity contribution in [1.82, 2.24) is 14.8 Å². The first-order valence-corrected chi connectivity index (χ1v) is 5.70. The molecule has 0 saturated carbocycles. The first-order chi connectivity index (χ1) is 9.06. The molecule has 0 aliphatic rings. The van der Waals surface area contributed by atoms with Crippen LogP contribution in [0.4, 0.5) is 0 Å². The molecule has 2 aromatic heterocycles. The second-order valence-corrected chi connectivity index (χ2v) is 4.23. The molecular weight excluding hydrogens is 246 g/mol. The van der Waals surface area contributed by atoms with E-state index in [0.717, 1.165) is 5.56 Å². The summed E-state index contributed by atoms with van der Waals surface area (Å²) in [5.41, 5.74) is 2.89. The van der Waals surface area contributed by atoms with Gasteiger partial charge in [-0.05, 0) is 12.1 Å². The van der Waals surface area contributed by atoms with Crippen molar-refractivity contribution in [3.63, 3.8) is 0 Å². The number of nitrogens with zero attached hydrogens (tertiary/aromatic N) is 3. The van der Waals surface area contributed by atoms with Crippen LogP contribution in [-0.2, 0) is 7.05 Å². The van der Waals surface area contributed by atoms with Crippen molar-refractivity contribution in [3.8, 4) is 11.3 Å². The zero-order valence-corrected chi connectivity index (χ0v) is 10.4. The topological polar surface area (TPSA) is 81.1 Å². The van der Waals surface area contributed by atoms with Crippen molar-refractivity contribution in [3.05, 3.63) is 35.9 Å². The number of aryl methyl sites for hydroxylation is 2. The Hall–Kier alpha value is -2.63. The van der Waals surface area contributed by atoms with E-state index in [1.54, 1.807) is 14.0 Å². The maximum Gasteiger partial charge on any atom is 0.356 e. The summed E-state index contributed by atoms with van der Waals surface area (Å²) in [7, 11) is 1.70. The van der Waals surface area contributed by atoms with E-state index < -0.39 is 5.97 Å². The summed E-state index contributed by atoms with van der Waals surface area (Å²) in [6, 6.07) is 7.07. The molecule has 0 bridgehead atoms. The molecule has 1 aromatic carbocycles. The standard InChI is InChI=1S/C13H11N3O3/c1-7-14-12-8(4-3-5-11(12)19-7)10-6-9(13(17)18)15-16(10)2/h3-6H,1-2H3,(H,17,18). The van der Waals surface area contributed by atoms with E-state index in [4.69, 9.17) is 9.52 Å². The monoisotopic (exact) mass is 257 g/mol. The minimum atomic E-state index is -1.05. The number of aromatic carboxylic acids is 1. The van der Waals surface area contributed by atoms with Crippen LogP contribution >= 0.6 is 0 Å². The van der Waals surface area contributed by atoms with Crippen LogP contribution in [0.2, 0.25) is 0 Å². The largest absolute Gasteiger partial charge is 0.476 e. The van der Waals surface area contributed by atoms with E-state index in [1.807, 2.05) is 18.2 Å². The highest BCUT2D eigenvalue weighted by Gasteiger charge is 2.16. The second kappa shape index (κ2) is 3.94. The third kappa shape index (κ3) is 1.77. The van der Waals surface area contributed by atoms with Crippen molar-refractivity contribution < 1.29 is 14.3 Å². The number of para-hydroxylation sites is 1. The van der Waals surface area contributed by atoms with Crippen LogP contribution in [0.5, 0.6) is 0 Å². The van der Waals surface area contributed by atoms with E-state index in [0.29, 0.717) is 22.7 Å². The molecule has 19 heavy (non-hydrogen) atoms. The zero-order valence-electron chi connectivity index (χ0n) is 10.4. The Balaban J connectivity index is 2.26. The maximum absolute atomic E-state index is 11.0. The van der Waals surface area contributed by atoms with Crippen molar-refractivity contribution >= 4 is 17.1 Å². The van der Waals surface area contributed by atoms with Crippen molar-refractivity contribution in [2.45, 2.75) is 6.92 Å². The highest BCUT2D eigenvalue weighted by molar-refractivity contribution is 5.92. The molecule has 0 saturated heterocycles. The lowest BCUT2D eigenvalue weighted by Crippen LogP contribution is -1.99. The second-order valence-electron chi connectivity index (χ2n) is 4.23. The minimum absolute atomic E-state index is 0.00900. The van der Waals surface area contributed by atoms with Crippen LogP contribution in [-0.4, -0.2) is 25.8 Å². The van der Waals surface area contributed by atoms with Crippen LogP contribution in [0.25, 0.3) is 22.4 Å². The summed E-state index contributed by atoms with van der Waals surface area (Å²) in [4.78, 5) is 15.3. The number of carboxylic acids is 1. The average molecular weight is 257 g/mol. The molecule has 3 aromatic rings. The molecule has 0 radical (unpaired) electrons. The third-order valence-electron chi connectivity index (χ3n) is 2.90. The Morgan fingerprint density at radius 2 is 2.21 bits per heavy atom. The van der Waals surface area contributed by atoms with Crippen LogP contribution < -0.4 is 0 Å². The highest BCUT2D eigenvalue weighted by Crippen LogP contribution is 2.28. The van der Waals surface area contributed by atoms with Gasteiger partial charge in [-0.3, -0.25) is 4.68 Å². The predicted molar refractivity (Wildman–Crippen MR) is 67.9 cm³/mol. The molecule has 0 spiro atoms. The van der Waals surface area contributed by atoms with Crippen LogP contribution in [0, 0.1) is 6.92 Å². The van der Waals surface area contributed by atoms with Gasteiger partial charge in [-0.1, -0.05) is 12.1 Å². The lowest BCUT2D eigenvalue weighted by molar-refractivity contribution is 0.0689. The first kappa shape index (κ1) is 11.5. The molecule has 0 amide bonds. The van der Waals surface area contributed by atoms with E-state index in [9.17, 15) is 4.79 Å². The molecule has 6 nitrogen and oxygen atoms in total. The van der Waals surface area contributed by atoms with Gasteiger partial charge in [0.2, 0.25) is 0 Å². The number of fused-ring (bicyclic) bond motifs is 1. The van der Waals surface area contributed by atoms with E-state index in [2.05, 4.69) is 10.1 Å². The summed E-state index contributed by atoms with van der Waals surface area (Å²) in [5.74, 6) is -0.478. The normalized spacial score (nSPS) is 11.1. The molecule has 2 heterocycles. The Bertz CT molecular complexity index is 786. The fourth-order valence-electron chi connectivity index (χ4n) is 2.09. The highest BCUT2D eigenvalue weighted by atomic mass is 16.4. The smallest absolute Gasteiger partial charge is 0.356 e. The van der Waals surface area contributed by atoms with E-state index >= 15 is 0 Å². The number of oxazole rings is 1. The Kier molecular flexibility index (Phi) is 2.38. The number of benzene rings is 1. The first-order valence-electron chi connectivity index (χ1n) is 5.70. The summed E-state index contributed by atoms with van der Waals surface area (Å²) in [6.45, 7) is 1.77. The summed E-state index contributed by atoms with van der Waals surface area (Å²) in [6.07, 6.45) is 0. The molecule has 6 heteroatoms. The quantitative estimate of drug-likeness (QED) is 0.761. The average Bonchev–Trinajstić information content (AvgIpc) is 2.90. The van der Waals surface area contributed by atoms with Gasteiger partial charge >= 0.3 is 5.97 Å². The lowest BCUT2D eigenvalue weighted by atomic mass is 10.1. The Morgan fingerprint density at radius 1 is 1.42 bits per heavy atom. The molecule has 0 atom stereocenters. The SMILES string of the molecule is Cc1nc2c(-c3cc(C(=O)O)nn3C)cccc2o1. The van der Waals surface area contributed by atoms with Crippen LogP contribution in [0.3, 0.4) is 0 Å². The fourth-order valence-corrected chi connectivity index (χ4v) is 2.09. The number of carbonyl (C=O) groups is 1. The fraction of sp³-hybridized carbons (Fsp3) is 0.154. The molecular formula is C13H11N3O3. The molecule has 96 valence electrons. The maximum atomic E-state index is 11.0. The summed E-state index contributed by atoms with van der Waals surface area (Å²) < 4.78 is 7.00. The van der Waals surface area contributed by atoms with Gasteiger partial charge < -0.3 is 9.52 Å². The molecule has 0 unspecified atom stereocenters. The summed E-state index contributed by atoms with van der Waals surface area (Å²) >= 11 is 0. The molecule has 1 N–H and O–H groups in total.